The molecule has 2 amide bonds. The zero-order valence-corrected chi connectivity index (χ0v) is 13.4. The molecule has 0 saturated carbocycles. The summed E-state index contributed by atoms with van der Waals surface area (Å²) >= 11 is 0. The van der Waals surface area contributed by atoms with Crippen LogP contribution in [0.1, 0.15) is 24.0 Å². The van der Waals surface area contributed by atoms with Crippen molar-refractivity contribution < 1.29 is 9.59 Å². The molecule has 1 aromatic carbocycles. The minimum atomic E-state index is -0.261. The van der Waals surface area contributed by atoms with E-state index < -0.39 is 0 Å². The van der Waals surface area contributed by atoms with Crippen LogP contribution >= 0.6 is 0 Å². The Labute approximate surface area is 140 Å². The van der Waals surface area contributed by atoms with E-state index in [0.717, 1.165) is 11.1 Å². The van der Waals surface area contributed by atoms with Crippen LogP contribution in [0, 0.1) is 6.92 Å². The van der Waals surface area contributed by atoms with E-state index in [0.29, 0.717) is 24.4 Å². The third kappa shape index (κ3) is 3.65. The molecule has 0 bridgehead atoms. The maximum absolute atomic E-state index is 12.3. The second kappa shape index (κ2) is 7.04. The van der Waals surface area contributed by atoms with Crippen LogP contribution in [0.4, 0.5) is 5.69 Å². The molecule has 0 fully saturated rings. The number of aryl methyl sites for hydroxylation is 1. The van der Waals surface area contributed by atoms with Crippen LogP contribution in [0.15, 0.2) is 53.9 Å². The van der Waals surface area contributed by atoms with E-state index in [1.807, 2.05) is 43.3 Å². The van der Waals surface area contributed by atoms with Gasteiger partial charge in [-0.05, 0) is 30.7 Å². The first-order valence-electron chi connectivity index (χ1n) is 7.78. The lowest BCUT2D eigenvalue weighted by atomic mass is 10.1. The number of benzene rings is 1. The number of nitrogens with one attached hydrogen (secondary N) is 1. The number of hydrogen-bond acceptors (Lipinski definition) is 4. The molecule has 0 aliphatic carbocycles. The lowest BCUT2D eigenvalue weighted by Gasteiger charge is -2.23. The third-order valence-corrected chi connectivity index (χ3v) is 3.75. The highest BCUT2D eigenvalue weighted by Crippen LogP contribution is 2.20. The van der Waals surface area contributed by atoms with E-state index >= 15 is 0 Å². The van der Waals surface area contributed by atoms with Crippen LogP contribution < -0.4 is 10.3 Å². The molecule has 1 aliphatic rings. The zero-order valence-electron chi connectivity index (χ0n) is 13.4. The first kappa shape index (κ1) is 15.9. The van der Waals surface area contributed by atoms with Crippen molar-refractivity contribution in [2.24, 2.45) is 5.10 Å². The van der Waals surface area contributed by atoms with E-state index in [-0.39, 0.29) is 18.2 Å². The van der Waals surface area contributed by atoms with Gasteiger partial charge in [-0.1, -0.05) is 23.8 Å². The first-order chi connectivity index (χ1) is 11.6. The van der Waals surface area contributed by atoms with Crippen molar-refractivity contribution in [1.82, 2.24) is 10.3 Å². The average molecular weight is 322 g/mol. The summed E-state index contributed by atoms with van der Waals surface area (Å²) in [5, 5.41) is 8.37. The lowest BCUT2D eigenvalue weighted by Crippen LogP contribution is -2.38. The topological polar surface area (TPSA) is 74.7 Å². The molecule has 0 saturated heterocycles. The molecule has 1 aromatic heterocycles. The number of carbonyl (C=O) groups is 2. The summed E-state index contributed by atoms with van der Waals surface area (Å²) in [5.74, 6) is -0.369. The van der Waals surface area contributed by atoms with Gasteiger partial charge in [0, 0.05) is 31.8 Å². The van der Waals surface area contributed by atoms with Gasteiger partial charge in [-0.25, -0.2) is 5.01 Å². The predicted octanol–water partition coefficient (Wildman–Crippen LogP) is 2.19. The third-order valence-electron chi connectivity index (χ3n) is 3.75. The van der Waals surface area contributed by atoms with Gasteiger partial charge in [0.05, 0.1) is 5.69 Å². The van der Waals surface area contributed by atoms with E-state index in [1.165, 1.54) is 5.01 Å². The Morgan fingerprint density at radius 2 is 2.00 bits per heavy atom. The molecule has 24 heavy (non-hydrogen) atoms. The quantitative estimate of drug-likeness (QED) is 0.937. The van der Waals surface area contributed by atoms with Gasteiger partial charge in [-0.2, -0.15) is 5.10 Å². The van der Waals surface area contributed by atoms with Crippen molar-refractivity contribution in [3.8, 4) is 0 Å². The van der Waals surface area contributed by atoms with Crippen LogP contribution in [0.2, 0.25) is 0 Å². The highest BCUT2D eigenvalue weighted by atomic mass is 16.2. The SMILES string of the molecule is Cc1ccc(N2N=C(C(=O)NCc3cccnc3)CCC2=O)cc1. The normalized spacial score (nSPS) is 14.3. The summed E-state index contributed by atoms with van der Waals surface area (Å²) < 4.78 is 0. The molecule has 0 radical (unpaired) electrons. The van der Waals surface area contributed by atoms with Crippen molar-refractivity contribution in [2.45, 2.75) is 26.3 Å². The molecule has 2 aromatic rings. The summed E-state index contributed by atoms with van der Waals surface area (Å²) in [5.41, 5.74) is 3.04. The Hall–Kier alpha value is -3.02. The smallest absolute Gasteiger partial charge is 0.267 e. The summed E-state index contributed by atoms with van der Waals surface area (Å²) in [6, 6.07) is 11.2. The number of aromatic nitrogens is 1. The number of nitrogens with zero attached hydrogens (tertiary/aromatic N) is 3. The molecule has 2 heterocycles. The van der Waals surface area contributed by atoms with Crippen molar-refractivity contribution in [3.05, 3.63) is 59.9 Å². The largest absolute Gasteiger partial charge is 0.347 e. The monoisotopic (exact) mass is 322 g/mol. The van der Waals surface area contributed by atoms with Gasteiger partial charge >= 0.3 is 0 Å². The number of anilines is 1. The first-order valence-corrected chi connectivity index (χ1v) is 7.78. The number of pyridine rings is 1. The van der Waals surface area contributed by atoms with Crippen LogP contribution in [-0.4, -0.2) is 22.5 Å². The Bertz CT molecular complexity index is 769. The van der Waals surface area contributed by atoms with Gasteiger partial charge in [0.1, 0.15) is 5.71 Å². The van der Waals surface area contributed by atoms with Crippen molar-refractivity contribution in [3.63, 3.8) is 0 Å². The maximum Gasteiger partial charge on any atom is 0.267 e. The minimum Gasteiger partial charge on any atom is -0.347 e. The van der Waals surface area contributed by atoms with Crippen LogP contribution in [0.5, 0.6) is 0 Å². The molecule has 1 N–H and O–H groups in total. The van der Waals surface area contributed by atoms with Crippen molar-refractivity contribution >= 4 is 23.2 Å². The van der Waals surface area contributed by atoms with E-state index in [9.17, 15) is 9.59 Å². The fraction of sp³-hybridized carbons (Fsp3) is 0.222. The molecule has 1 aliphatic heterocycles. The molecule has 0 atom stereocenters. The fourth-order valence-corrected chi connectivity index (χ4v) is 2.39. The number of hydrazone groups is 1. The number of carbonyl (C=O) groups excluding carboxylic acids is 2. The molecule has 0 spiro atoms. The predicted molar refractivity (Wildman–Crippen MR) is 91.4 cm³/mol. The molecule has 6 heteroatoms. The maximum atomic E-state index is 12.3. The van der Waals surface area contributed by atoms with Gasteiger partial charge in [-0.3, -0.25) is 14.6 Å². The van der Waals surface area contributed by atoms with Crippen LogP contribution in [-0.2, 0) is 16.1 Å². The van der Waals surface area contributed by atoms with E-state index in [1.54, 1.807) is 12.4 Å². The Kier molecular flexibility index (Phi) is 4.65. The highest BCUT2D eigenvalue weighted by Gasteiger charge is 2.25. The van der Waals surface area contributed by atoms with Gasteiger partial charge in [0.25, 0.3) is 5.91 Å². The Morgan fingerprint density at radius 3 is 2.71 bits per heavy atom. The van der Waals surface area contributed by atoms with Gasteiger partial charge in [0.2, 0.25) is 5.91 Å². The molecule has 0 unspecified atom stereocenters. The standard InChI is InChI=1S/C18H18N4O2/c1-13-4-6-15(7-5-13)22-17(23)9-8-16(21-22)18(24)20-12-14-3-2-10-19-11-14/h2-7,10-11H,8-9,12H2,1H3,(H,20,24). The van der Waals surface area contributed by atoms with Crippen molar-refractivity contribution in [2.75, 3.05) is 5.01 Å². The van der Waals surface area contributed by atoms with E-state index in [2.05, 4.69) is 15.4 Å². The molecule has 122 valence electrons. The minimum absolute atomic E-state index is 0.109. The molecular weight excluding hydrogens is 304 g/mol. The molecule has 6 nitrogen and oxygen atoms in total. The zero-order chi connectivity index (χ0) is 16.9. The summed E-state index contributed by atoms with van der Waals surface area (Å²) in [6.45, 7) is 2.35. The molecule has 3 rings (SSSR count). The van der Waals surface area contributed by atoms with Gasteiger partial charge < -0.3 is 5.32 Å². The fourth-order valence-electron chi connectivity index (χ4n) is 2.39. The Balaban J connectivity index is 1.72. The number of rotatable bonds is 4. The summed E-state index contributed by atoms with van der Waals surface area (Å²) in [6.07, 6.45) is 4.00. The van der Waals surface area contributed by atoms with Crippen LogP contribution in [0.25, 0.3) is 0 Å². The van der Waals surface area contributed by atoms with Crippen LogP contribution in [0.3, 0.4) is 0 Å². The van der Waals surface area contributed by atoms with Gasteiger partial charge in [-0.15, -0.1) is 0 Å². The Morgan fingerprint density at radius 1 is 1.21 bits per heavy atom. The number of hydrogen-bond donors (Lipinski definition) is 1. The highest BCUT2D eigenvalue weighted by molar-refractivity contribution is 6.40. The second-order valence-corrected chi connectivity index (χ2v) is 5.63. The lowest BCUT2D eigenvalue weighted by molar-refractivity contribution is -0.119. The summed E-state index contributed by atoms with van der Waals surface area (Å²) in [7, 11) is 0. The van der Waals surface area contributed by atoms with E-state index in [4.69, 9.17) is 0 Å². The average Bonchev–Trinajstić information content (AvgIpc) is 2.62. The molecular formula is C18H18N4O2. The van der Waals surface area contributed by atoms with Gasteiger partial charge in [0.15, 0.2) is 0 Å². The number of amides is 2. The van der Waals surface area contributed by atoms with Crippen molar-refractivity contribution in [1.29, 1.82) is 0 Å². The second-order valence-electron chi connectivity index (χ2n) is 5.63. The summed E-state index contributed by atoms with van der Waals surface area (Å²) in [4.78, 5) is 28.4.